The molecule has 0 aliphatic carbocycles. The van der Waals surface area contributed by atoms with Gasteiger partial charge in [0.05, 0.1) is 17.7 Å². The summed E-state index contributed by atoms with van der Waals surface area (Å²) in [7, 11) is -2.16. The predicted octanol–water partition coefficient (Wildman–Crippen LogP) is 2.45. The fraction of sp³-hybridized carbons (Fsp3) is 0.316. The van der Waals surface area contributed by atoms with Gasteiger partial charge in [0.1, 0.15) is 17.2 Å². The lowest BCUT2D eigenvalue weighted by Gasteiger charge is -2.19. The van der Waals surface area contributed by atoms with Crippen molar-refractivity contribution in [3.05, 3.63) is 42.5 Å². The maximum absolute atomic E-state index is 12.6. The van der Waals surface area contributed by atoms with E-state index in [-0.39, 0.29) is 22.9 Å². The topological polar surface area (TPSA) is 105 Å². The van der Waals surface area contributed by atoms with E-state index in [1.165, 1.54) is 22.5 Å². The van der Waals surface area contributed by atoms with Crippen LogP contribution in [-0.4, -0.2) is 50.5 Å². The Bertz CT molecular complexity index is 909. The molecule has 2 N–H and O–H groups in total. The monoisotopic (exact) mass is 408 g/mol. The first-order chi connectivity index (χ1) is 13.3. The van der Waals surface area contributed by atoms with E-state index in [0.29, 0.717) is 24.6 Å². The van der Waals surface area contributed by atoms with Gasteiger partial charge in [-0.2, -0.15) is 4.31 Å². The van der Waals surface area contributed by atoms with Gasteiger partial charge in [0.15, 0.2) is 6.61 Å². The van der Waals surface area contributed by atoms with E-state index < -0.39 is 15.9 Å². The zero-order valence-electron chi connectivity index (χ0n) is 16.0. The molecular formula is C19H24N2O6S. The third-order valence-electron chi connectivity index (χ3n) is 4.01. The molecule has 0 heterocycles. The molecule has 0 saturated heterocycles. The molecular weight excluding hydrogens is 384 g/mol. The normalized spacial score (nSPS) is 11.3. The Morgan fingerprint density at radius 3 is 2.25 bits per heavy atom. The minimum Gasteiger partial charge on any atom is -0.506 e. The molecule has 8 nitrogen and oxygen atoms in total. The maximum Gasteiger partial charge on any atom is 0.262 e. The Hall–Kier alpha value is -2.78. The van der Waals surface area contributed by atoms with Gasteiger partial charge in [0, 0.05) is 13.1 Å². The summed E-state index contributed by atoms with van der Waals surface area (Å²) >= 11 is 0. The molecule has 1 amide bonds. The second-order valence-corrected chi connectivity index (χ2v) is 7.72. The van der Waals surface area contributed by atoms with Gasteiger partial charge in [-0.1, -0.05) is 13.8 Å². The zero-order chi connectivity index (χ0) is 20.7. The number of phenolic OH excluding ortho intramolecular Hbond substituents is 1. The van der Waals surface area contributed by atoms with Gasteiger partial charge < -0.3 is 19.9 Å². The van der Waals surface area contributed by atoms with Crippen molar-refractivity contribution in [1.29, 1.82) is 0 Å². The molecule has 0 atom stereocenters. The Balaban J connectivity index is 2.09. The maximum atomic E-state index is 12.6. The number of anilines is 1. The van der Waals surface area contributed by atoms with Crippen molar-refractivity contribution in [3.8, 4) is 17.2 Å². The summed E-state index contributed by atoms with van der Waals surface area (Å²) in [6, 6.07) is 10.5. The molecule has 28 heavy (non-hydrogen) atoms. The van der Waals surface area contributed by atoms with E-state index >= 15 is 0 Å². The van der Waals surface area contributed by atoms with Crippen molar-refractivity contribution in [2.45, 2.75) is 18.7 Å². The molecule has 0 spiro atoms. The van der Waals surface area contributed by atoms with Crippen molar-refractivity contribution < 1.29 is 27.8 Å². The van der Waals surface area contributed by atoms with Crippen molar-refractivity contribution in [2.24, 2.45) is 0 Å². The predicted molar refractivity (Wildman–Crippen MR) is 105 cm³/mol. The summed E-state index contributed by atoms with van der Waals surface area (Å²) in [5.41, 5.74) is -0.00318. The lowest BCUT2D eigenvalue weighted by atomic mass is 10.3. The van der Waals surface area contributed by atoms with Crippen LogP contribution in [0.5, 0.6) is 17.2 Å². The summed E-state index contributed by atoms with van der Waals surface area (Å²) in [4.78, 5) is 12.1. The lowest BCUT2D eigenvalue weighted by Crippen LogP contribution is -2.30. The molecule has 2 rings (SSSR count). The standard InChI is InChI=1S/C19H24N2O6S/c1-4-21(5-2)28(24,25)16-10-11-18(22)17(12-16)20-19(23)13-27-15-8-6-14(26-3)7-9-15/h6-12,22H,4-5,13H2,1-3H3,(H,20,23). The van der Waals surface area contributed by atoms with Crippen LogP contribution >= 0.6 is 0 Å². The Labute approximate surface area is 164 Å². The third kappa shape index (κ3) is 5.14. The van der Waals surface area contributed by atoms with Gasteiger partial charge in [-0.3, -0.25) is 4.79 Å². The average molecular weight is 408 g/mol. The number of hydrogen-bond acceptors (Lipinski definition) is 6. The first-order valence-electron chi connectivity index (χ1n) is 8.71. The van der Waals surface area contributed by atoms with Crippen LogP contribution in [0.2, 0.25) is 0 Å². The van der Waals surface area contributed by atoms with Crippen LogP contribution in [0.1, 0.15) is 13.8 Å². The molecule has 0 saturated carbocycles. The van der Waals surface area contributed by atoms with E-state index in [2.05, 4.69) is 5.32 Å². The number of nitrogens with zero attached hydrogens (tertiary/aromatic N) is 1. The number of hydrogen-bond donors (Lipinski definition) is 2. The number of carbonyl (C=O) groups excluding carboxylic acids is 1. The number of rotatable bonds is 9. The number of nitrogens with one attached hydrogen (secondary N) is 1. The van der Waals surface area contributed by atoms with Gasteiger partial charge in [0.2, 0.25) is 10.0 Å². The fourth-order valence-corrected chi connectivity index (χ4v) is 3.98. The van der Waals surface area contributed by atoms with Crippen LogP contribution in [0.3, 0.4) is 0 Å². The van der Waals surface area contributed by atoms with E-state index in [1.807, 2.05) is 0 Å². The highest BCUT2D eigenvalue weighted by atomic mass is 32.2. The number of sulfonamides is 1. The van der Waals surface area contributed by atoms with E-state index in [1.54, 1.807) is 45.2 Å². The zero-order valence-corrected chi connectivity index (χ0v) is 16.8. The van der Waals surface area contributed by atoms with Crippen molar-refractivity contribution in [2.75, 3.05) is 32.1 Å². The molecule has 0 bridgehead atoms. The molecule has 2 aromatic carbocycles. The highest BCUT2D eigenvalue weighted by molar-refractivity contribution is 7.89. The van der Waals surface area contributed by atoms with Gasteiger partial charge >= 0.3 is 0 Å². The van der Waals surface area contributed by atoms with E-state index in [9.17, 15) is 18.3 Å². The molecule has 0 radical (unpaired) electrons. The number of ether oxygens (including phenoxy) is 2. The average Bonchev–Trinajstić information content (AvgIpc) is 2.69. The van der Waals surface area contributed by atoms with Gasteiger partial charge in [-0.05, 0) is 42.5 Å². The number of amides is 1. The van der Waals surface area contributed by atoms with E-state index in [0.717, 1.165) is 0 Å². The molecule has 0 aromatic heterocycles. The third-order valence-corrected chi connectivity index (χ3v) is 6.06. The number of aromatic hydroxyl groups is 1. The summed E-state index contributed by atoms with van der Waals surface area (Å²) < 4.78 is 36.9. The van der Waals surface area contributed by atoms with Crippen LogP contribution in [-0.2, 0) is 14.8 Å². The summed E-state index contributed by atoms with van der Waals surface area (Å²) in [6.07, 6.45) is 0. The van der Waals surface area contributed by atoms with Gasteiger partial charge in [-0.15, -0.1) is 0 Å². The number of methoxy groups -OCH3 is 1. The Morgan fingerprint density at radius 2 is 1.68 bits per heavy atom. The molecule has 0 aliphatic heterocycles. The molecule has 0 aliphatic rings. The van der Waals surface area contributed by atoms with Crippen LogP contribution in [0.4, 0.5) is 5.69 Å². The smallest absolute Gasteiger partial charge is 0.262 e. The van der Waals surface area contributed by atoms with Crippen LogP contribution in [0.15, 0.2) is 47.4 Å². The van der Waals surface area contributed by atoms with Gasteiger partial charge in [-0.25, -0.2) is 8.42 Å². The molecule has 0 unspecified atom stereocenters. The van der Waals surface area contributed by atoms with Crippen LogP contribution in [0.25, 0.3) is 0 Å². The minimum atomic E-state index is -3.71. The molecule has 9 heteroatoms. The first kappa shape index (κ1) is 21.5. The number of carbonyl (C=O) groups is 1. The Morgan fingerprint density at radius 1 is 1.07 bits per heavy atom. The summed E-state index contributed by atoms with van der Waals surface area (Å²) in [5, 5.41) is 12.4. The summed E-state index contributed by atoms with van der Waals surface area (Å²) in [5.74, 6) is 0.353. The molecule has 0 fully saturated rings. The van der Waals surface area contributed by atoms with Crippen LogP contribution < -0.4 is 14.8 Å². The number of benzene rings is 2. The highest BCUT2D eigenvalue weighted by Crippen LogP contribution is 2.28. The van der Waals surface area contributed by atoms with Crippen LogP contribution in [0, 0.1) is 0 Å². The van der Waals surface area contributed by atoms with Gasteiger partial charge in [0.25, 0.3) is 5.91 Å². The molecule has 152 valence electrons. The lowest BCUT2D eigenvalue weighted by molar-refractivity contribution is -0.118. The van der Waals surface area contributed by atoms with Crippen molar-refractivity contribution >= 4 is 21.6 Å². The SMILES string of the molecule is CCN(CC)S(=O)(=O)c1ccc(O)c(NC(=O)COc2ccc(OC)cc2)c1. The van der Waals surface area contributed by atoms with E-state index in [4.69, 9.17) is 9.47 Å². The highest BCUT2D eigenvalue weighted by Gasteiger charge is 2.23. The number of phenols is 1. The molecule has 2 aromatic rings. The quantitative estimate of drug-likeness (QED) is 0.618. The Kier molecular flexibility index (Phi) is 7.24. The second kappa shape index (κ2) is 9.43. The minimum absolute atomic E-state index is 0.00318. The second-order valence-electron chi connectivity index (χ2n) is 5.78. The fourth-order valence-electron chi connectivity index (χ4n) is 2.50. The van der Waals surface area contributed by atoms with Crippen molar-refractivity contribution in [1.82, 2.24) is 4.31 Å². The largest absolute Gasteiger partial charge is 0.506 e. The first-order valence-corrected chi connectivity index (χ1v) is 10.2. The van der Waals surface area contributed by atoms with Crippen molar-refractivity contribution in [3.63, 3.8) is 0 Å². The summed E-state index contributed by atoms with van der Waals surface area (Å²) in [6.45, 7) is 3.80.